The highest BCUT2D eigenvalue weighted by Gasteiger charge is 2.04. The van der Waals surface area contributed by atoms with Gasteiger partial charge in [-0.2, -0.15) is 16.9 Å². The van der Waals surface area contributed by atoms with Crippen molar-refractivity contribution in [3.8, 4) is 0 Å². The van der Waals surface area contributed by atoms with Crippen molar-refractivity contribution in [1.82, 2.24) is 21.9 Å². The first kappa shape index (κ1) is 9.31. The molecule has 0 rings (SSSR count). The minimum Gasteiger partial charge on any atom is -0.480 e. The van der Waals surface area contributed by atoms with Crippen LogP contribution in [0.3, 0.4) is 0 Å². The first-order valence-corrected chi connectivity index (χ1v) is 2.84. The molecule has 0 atom stereocenters. The van der Waals surface area contributed by atoms with Gasteiger partial charge in [-0.3, -0.25) is 4.79 Å². The van der Waals surface area contributed by atoms with Crippen molar-refractivity contribution in [3.63, 3.8) is 0 Å². The third kappa shape index (κ3) is 4.21. The number of carboxylic acids is 1. The second-order valence-electron chi connectivity index (χ2n) is 1.64. The monoisotopic (exact) mass is 147 g/mol. The summed E-state index contributed by atoms with van der Waals surface area (Å²) in [5.74, 6) is 5.56. The molecule has 0 amide bonds. The molecule has 0 unspecified atom stereocenters. The Morgan fingerprint density at radius 3 is 2.70 bits per heavy atom. The number of aliphatic carboxylic acids is 1. The zero-order chi connectivity index (χ0) is 7.98. The summed E-state index contributed by atoms with van der Waals surface area (Å²) in [5.41, 5.74) is 4.22. The number of nitrogens with zero attached hydrogens (tertiary/aromatic N) is 1. The number of rotatable bonds is 5. The highest BCUT2D eigenvalue weighted by molar-refractivity contribution is 5.68. The molecule has 0 aliphatic heterocycles. The Labute approximate surface area is 58.9 Å². The number of hydrazine groups is 2. The van der Waals surface area contributed by atoms with Crippen molar-refractivity contribution in [2.75, 3.05) is 13.1 Å². The lowest BCUT2D eigenvalue weighted by Crippen LogP contribution is -2.48. The predicted molar refractivity (Wildman–Crippen MR) is 34.3 cm³/mol. The van der Waals surface area contributed by atoms with Crippen molar-refractivity contribution in [1.29, 1.82) is 0 Å². The molecule has 0 aromatic heterocycles. The summed E-state index contributed by atoms with van der Waals surface area (Å²) < 4.78 is 0. The molecule has 0 bridgehead atoms. The molecule has 59 valence electrons. The lowest BCUT2D eigenvalue weighted by molar-refractivity contribution is -0.139. The van der Waals surface area contributed by atoms with Gasteiger partial charge in [0.2, 0.25) is 0 Å². The van der Waals surface area contributed by atoms with E-state index in [1.165, 1.54) is 5.01 Å². The molecule has 0 aromatic carbocycles. The molecule has 0 saturated heterocycles. The van der Waals surface area contributed by atoms with Gasteiger partial charge in [0.05, 0.1) is 0 Å². The van der Waals surface area contributed by atoms with E-state index >= 15 is 0 Å². The molecule has 1 radical (unpaired) electrons. The molecule has 0 spiro atoms. The summed E-state index contributed by atoms with van der Waals surface area (Å²) in [7, 11) is 0. The summed E-state index contributed by atoms with van der Waals surface area (Å²) >= 11 is 0. The van der Waals surface area contributed by atoms with Gasteiger partial charge < -0.3 is 5.11 Å². The van der Waals surface area contributed by atoms with Crippen LogP contribution in [0.5, 0.6) is 0 Å². The van der Waals surface area contributed by atoms with E-state index in [1.54, 1.807) is 6.92 Å². The van der Waals surface area contributed by atoms with Gasteiger partial charge in [-0.15, -0.1) is 0 Å². The van der Waals surface area contributed by atoms with Crippen LogP contribution in [0.2, 0.25) is 0 Å². The fourth-order valence-corrected chi connectivity index (χ4v) is 0.473. The topological polar surface area (TPSA) is 88.4 Å². The fourth-order valence-electron chi connectivity index (χ4n) is 0.473. The highest BCUT2D eigenvalue weighted by Crippen LogP contribution is 1.77. The minimum atomic E-state index is -0.926. The summed E-state index contributed by atoms with van der Waals surface area (Å²) in [6.07, 6.45) is 0. The molecular weight excluding hydrogens is 136 g/mol. The van der Waals surface area contributed by atoms with Crippen LogP contribution in [0.1, 0.15) is 6.92 Å². The molecular formula is C4H11N4O2. The van der Waals surface area contributed by atoms with Crippen LogP contribution in [0.15, 0.2) is 0 Å². The van der Waals surface area contributed by atoms with Crippen LogP contribution in [0.4, 0.5) is 0 Å². The normalized spacial score (nSPS) is 10.3. The average molecular weight is 147 g/mol. The third-order valence-corrected chi connectivity index (χ3v) is 0.922. The molecule has 0 aliphatic rings. The maximum atomic E-state index is 10.1. The zero-order valence-corrected chi connectivity index (χ0v) is 5.72. The van der Waals surface area contributed by atoms with E-state index in [9.17, 15) is 4.79 Å². The number of hydrogen-bond donors (Lipinski definition) is 3. The Morgan fingerprint density at radius 1 is 1.80 bits per heavy atom. The van der Waals surface area contributed by atoms with E-state index in [0.29, 0.717) is 6.54 Å². The lowest BCUT2D eigenvalue weighted by atomic mass is 10.6. The van der Waals surface area contributed by atoms with Gasteiger partial charge in [-0.05, 0) is 0 Å². The summed E-state index contributed by atoms with van der Waals surface area (Å²) in [6.45, 7) is 2.19. The molecule has 4 N–H and O–H groups in total. The van der Waals surface area contributed by atoms with Crippen LogP contribution in [0.25, 0.3) is 0 Å². The van der Waals surface area contributed by atoms with Crippen molar-refractivity contribution < 1.29 is 9.90 Å². The van der Waals surface area contributed by atoms with E-state index in [1.807, 2.05) is 5.53 Å². The molecule has 0 aromatic rings. The number of nitrogens with one attached hydrogen (secondary N) is 3. The Hall–Kier alpha value is -0.690. The van der Waals surface area contributed by atoms with Crippen molar-refractivity contribution >= 4 is 5.97 Å². The van der Waals surface area contributed by atoms with Crippen LogP contribution in [-0.2, 0) is 4.79 Å². The first-order chi connectivity index (χ1) is 4.70. The lowest BCUT2D eigenvalue weighted by Gasteiger charge is -2.16. The smallest absolute Gasteiger partial charge is 0.319 e. The van der Waals surface area contributed by atoms with Crippen LogP contribution in [-0.4, -0.2) is 29.2 Å². The van der Waals surface area contributed by atoms with E-state index in [-0.39, 0.29) is 6.54 Å². The van der Waals surface area contributed by atoms with E-state index < -0.39 is 5.97 Å². The van der Waals surface area contributed by atoms with E-state index in [2.05, 4.69) is 5.53 Å². The van der Waals surface area contributed by atoms with Crippen molar-refractivity contribution in [2.45, 2.75) is 6.92 Å². The SMILES string of the molecule is CCN(CC(=O)O)NN[NH]. The van der Waals surface area contributed by atoms with E-state index in [4.69, 9.17) is 10.9 Å². The Kier molecular flexibility index (Phi) is 4.77. The van der Waals surface area contributed by atoms with Gasteiger partial charge in [-0.1, -0.05) is 6.92 Å². The Balaban J connectivity index is 3.49. The zero-order valence-electron chi connectivity index (χ0n) is 5.72. The molecule has 0 fully saturated rings. The number of carbonyl (C=O) groups is 1. The first-order valence-electron chi connectivity index (χ1n) is 2.84. The van der Waals surface area contributed by atoms with Crippen LogP contribution in [0, 0.1) is 0 Å². The van der Waals surface area contributed by atoms with Gasteiger partial charge in [-0.25, -0.2) is 5.01 Å². The second-order valence-corrected chi connectivity index (χ2v) is 1.64. The molecule has 6 nitrogen and oxygen atoms in total. The summed E-state index contributed by atoms with van der Waals surface area (Å²) in [6, 6.07) is 0. The Morgan fingerprint density at radius 2 is 2.40 bits per heavy atom. The van der Waals surface area contributed by atoms with Crippen molar-refractivity contribution in [2.24, 2.45) is 0 Å². The fraction of sp³-hybridized carbons (Fsp3) is 0.750. The molecule has 6 heteroatoms. The Bertz CT molecular complexity index is 107. The third-order valence-electron chi connectivity index (χ3n) is 0.922. The van der Waals surface area contributed by atoms with Gasteiger partial charge in [0.15, 0.2) is 0 Å². The van der Waals surface area contributed by atoms with Gasteiger partial charge in [0, 0.05) is 6.54 Å². The van der Waals surface area contributed by atoms with E-state index in [0.717, 1.165) is 0 Å². The molecule has 10 heavy (non-hydrogen) atoms. The number of hydrogen-bond acceptors (Lipinski definition) is 4. The minimum absolute atomic E-state index is 0.123. The summed E-state index contributed by atoms with van der Waals surface area (Å²) in [5, 5.41) is 9.63. The highest BCUT2D eigenvalue weighted by atomic mass is 16.4. The van der Waals surface area contributed by atoms with Crippen molar-refractivity contribution in [3.05, 3.63) is 0 Å². The standard InChI is InChI=1S/C4H11N4O2/c1-2-8(7-6-5)3-4(9)10/h5-7H,2-3H2,1H3,(H,9,10). The predicted octanol–water partition coefficient (Wildman–Crippen LogP) is -1.40. The second kappa shape index (κ2) is 5.12. The van der Waals surface area contributed by atoms with Gasteiger partial charge >= 0.3 is 5.97 Å². The summed E-state index contributed by atoms with van der Waals surface area (Å²) in [4.78, 5) is 10.1. The quantitative estimate of drug-likeness (QED) is 0.416. The van der Waals surface area contributed by atoms with Gasteiger partial charge in [0.1, 0.15) is 6.54 Å². The van der Waals surface area contributed by atoms with Gasteiger partial charge in [0.25, 0.3) is 0 Å². The molecule has 0 saturated carbocycles. The largest absolute Gasteiger partial charge is 0.480 e. The number of likely N-dealkylation sites (N-methyl/N-ethyl adjacent to an activating group) is 1. The molecule has 0 heterocycles. The van der Waals surface area contributed by atoms with Crippen LogP contribution < -0.4 is 16.9 Å². The number of carboxylic acid groups (broad SMARTS) is 1. The van der Waals surface area contributed by atoms with Crippen LogP contribution >= 0.6 is 0 Å². The maximum Gasteiger partial charge on any atom is 0.319 e. The average Bonchev–Trinajstić information content (AvgIpc) is 1.86. The molecule has 0 aliphatic carbocycles. The maximum absolute atomic E-state index is 10.1.